The molecule has 2 aromatic carbocycles. The van der Waals surface area contributed by atoms with Gasteiger partial charge in [-0.25, -0.2) is 14.2 Å². The van der Waals surface area contributed by atoms with Crippen molar-refractivity contribution in [1.29, 1.82) is 0 Å². The number of aliphatic hydroxyl groups is 1. The van der Waals surface area contributed by atoms with Gasteiger partial charge in [0.25, 0.3) is 5.91 Å². The van der Waals surface area contributed by atoms with Crippen molar-refractivity contribution in [3.8, 4) is 5.75 Å². The van der Waals surface area contributed by atoms with Crippen LogP contribution < -0.4 is 9.64 Å². The zero-order valence-corrected chi connectivity index (χ0v) is 21.3. The van der Waals surface area contributed by atoms with Crippen molar-refractivity contribution < 1.29 is 37.8 Å². The molecule has 11 heteroatoms. The highest BCUT2D eigenvalue weighted by Crippen LogP contribution is 2.44. The molecule has 3 heterocycles. The molecule has 1 amide bonds. The number of carbonyl (C=O) groups is 3. The van der Waals surface area contributed by atoms with Crippen LogP contribution in [0, 0.1) is 12.7 Å². The van der Waals surface area contributed by atoms with E-state index in [2.05, 4.69) is 4.98 Å². The van der Waals surface area contributed by atoms with Gasteiger partial charge in [0.05, 0.1) is 31.0 Å². The molecule has 38 heavy (non-hydrogen) atoms. The highest BCUT2D eigenvalue weighted by Gasteiger charge is 2.47. The fourth-order valence-electron chi connectivity index (χ4n) is 4.31. The predicted molar refractivity (Wildman–Crippen MR) is 136 cm³/mol. The van der Waals surface area contributed by atoms with Crippen LogP contribution in [0.1, 0.15) is 44.4 Å². The molecule has 1 aliphatic heterocycles. The number of esters is 1. The summed E-state index contributed by atoms with van der Waals surface area (Å²) < 4.78 is 29.9. The van der Waals surface area contributed by atoms with Crippen molar-refractivity contribution >= 4 is 45.1 Å². The van der Waals surface area contributed by atoms with Gasteiger partial charge >= 0.3 is 5.97 Å². The Labute approximate surface area is 219 Å². The number of aliphatic hydroxyl groups excluding tert-OH is 1. The summed E-state index contributed by atoms with van der Waals surface area (Å²) >= 11 is 0.887. The highest BCUT2D eigenvalue weighted by atomic mass is 32.1. The second kappa shape index (κ2) is 9.75. The fraction of sp³-hybridized carbons (Fsp3) is 0.185. The van der Waals surface area contributed by atoms with Crippen LogP contribution in [0.2, 0.25) is 0 Å². The van der Waals surface area contributed by atoms with Gasteiger partial charge < -0.3 is 19.0 Å². The van der Waals surface area contributed by atoms with Gasteiger partial charge in [0.15, 0.2) is 28.0 Å². The Kier molecular flexibility index (Phi) is 6.45. The number of ether oxygens (including phenoxy) is 2. The Bertz CT molecular complexity index is 1620. The fourth-order valence-corrected chi connectivity index (χ4v) is 5.30. The zero-order chi connectivity index (χ0) is 27.1. The third kappa shape index (κ3) is 4.10. The van der Waals surface area contributed by atoms with Gasteiger partial charge in [-0.2, -0.15) is 0 Å². The minimum Gasteiger partial charge on any atom is -0.503 e. The van der Waals surface area contributed by atoms with Crippen molar-refractivity contribution in [2.75, 3.05) is 18.6 Å². The number of amides is 1. The molecule has 1 aliphatic rings. The maximum atomic E-state index is 13.8. The van der Waals surface area contributed by atoms with Crippen LogP contribution in [-0.4, -0.2) is 41.5 Å². The van der Waals surface area contributed by atoms with Gasteiger partial charge in [-0.15, -0.1) is 0 Å². The van der Waals surface area contributed by atoms with Gasteiger partial charge in [-0.05, 0) is 43.7 Å². The number of hydrogen-bond acceptors (Lipinski definition) is 9. The number of halogens is 1. The summed E-state index contributed by atoms with van der Waals surface area (Å²) in [6, 6.07) is 10.6. The Morgan fingerprint density at radius 3 is 2.63 bits per heavy atom. The van der Waals surface area contributed by atoms with Crippen LogP contribution in [-0.2, 0) is 9.53 Å². The number of nitrogens with zero attached hydrogens (tertiary/aromatic N) is 2. The van der Waals surface area contributed by atoms with Crippen LogP contribution >= 0.6 is 11.3 Å². The molecular formula is C27H21FN2O7S. The molecule has 0 spiro atoms. The van der Waals surface area contributed by atoms with E-state index < -0.39 is 35.3 Å². The number of para-hydroxylation sites is 1. The van der Waals surface area contributed by atoms with E-state index in [1.165, 1.54) is 37.4 Å². The molecule has 1 atom stereocenters. The van der Waals surface area contributed by atoms with Gasteiger partial charge in [0.2, 0.25) is 5.78 Å². The van der Waals surface area contributed by atoms with E-state index in [0.29, 0.717) is 28.0 Å². The predicted octanol–water partition coefficient (Wildman–Crippen LogP) is 5.31. The van der Waals surface area contributed by atoms with Crippen molar-refractivity contribution in [2.45, 2.75) is 19.9 Å². The first-order valence-electron chi connectivity index (χ1n) is 11.5. The minimum atomic E-state index is -1.17. The molecule has 5 rings (SSSR count). The number of Topliss-reactive ketones (excluding diaryl/α,β-unsaturated/α-hetero) is 1. The van der Waals surface area contributed by atoms with Gasteiger partial charge in [0, 0.05) is 5.39 Å². The van der Waals surface area contributed by atoms with Gasteiger partial charge in [-0.1, -0.05) is 35.6 Å². The third-order valence-corrected chi connectivity index (χ3v) is 7.18. The molecule has 1 unspecified atom stereocenters. The lowest BCUT2D eigenvalue weighted by atomic mass is 9.95. The topological polar surface area (TPSA) is 119 Å². The molecule has 0 fully saturated rings. The first-order chi connectivity index (χ1) is 18.2. The van der Waals surface area contributed by atoms with Crippen LogP contribution in [0.25, 0.3) is 11.0 Å². The van der Waals surface area contributed by atoms with Crippen molar-refractivity contribution in [2.24, 2.45) is 0 Å². The Hall–Kier alpha value is -4.51. The van der Waals surface area contributed by atoms with E-state index in [4.69, 9.17) is 13.9 Å². The van der Waals surface area contributed by atoms with E-state index in [0.717, 1.165) is 16.2 Å². The SMILES string of the molecule is CCOC(=O)c1sc(N2C(=O)C(O)=C(C(=O)c3cc4cccc(OC)c4o3)C2c2ccc(F)cc2)nc1C. The van der Waals surface area contributed by atoms with E-state index >= 15 is 0 Å². The van der Waals surface area contributed by atoms with E-state index in [1.54, 1.807) is 32.0 Å². The Morgan fingerprint density at radius 2 is 1.95 bits per heavy atom. The Morgan fingerprint density at radius 1 is 1.21 bits per heavy atom. The van der Waals surface area contributed by atoms with E-state index in [1.807, 2.05) is 0 Å². The molecule has 1 N–H and O–H groups in total. The number of ketones is 1. The molecule has 0 saturated carbocycles. The summed E-state index contributed by atoms with van der Waals surface area (Å²) in [5.74, 6) is -3.31. The summed E-state index contributed by atoms with van der Waals surface area (Å²) in [5, 5.41) is 11.6. The second-order valence-corrected chi connectivity index (χ2v) is 9.32. The molecule has 9 nitrogen and oxygen atoms in total. The normalized spacial score (nSPS) is 15.4. The molecule has 194 valence electrons. The first-order valence-corrected chi connectivity index (χ1v) is 12.3. The summed E-state index contributed by atoms with van der Waals surface area (Å²) in [6.07, 6.45) is 0. The minimum absolute atomic E-state index is 0.0607. The summed E-state index contributed by atoms with van der Waals surface area (Å²) in [4.78, 5) is 45.2. The number of thiazole rings is 1. The largest absolute Gasteiger partial charge is 0.503 e. The second-order valence-electron chi connectivity index (χ2n) is 8.34. The van der Waals surface area contributed by atoms with E-state index in [-0.39, 0.29) is 27.9 Å². The number of rotatable bonds is 7. The van der Waals surface area contributed by atoms with Crippen LogP contribution in [0.3, 0.4) is 0 Å². The number of benzene rings is 2. The van der Waals surface area contributed by atoms with Crippen molar-refractivity contribution in [1.82, 2.24) is 4.98 Å². The average molecular weight is 537 g/mol. The number of furan rings is 1. The lowest BCUT2D eigenvalue weighted by Crippen LogP contribution is -2.31. The highest BCUT2D eigenvalue weighted by molar-refractivity contribution is 7.17. The maximum absolute atomic E-state index is 13.8. The molecule has 2 aromatic heterocycles. The smallest absolute Gasteiger partial charge is 0.350 e. The van der Waals surface area contributed by atoms with Crippen LogP contribution in [0.15, 0.2) is 64.3 Å². The van der Waals surface area contributed by atoms with Gasteiger partial charge in [-0.3, -0.25) is 14.5 Å². The molecule has 4 aromatic rings. The third-order valence-electron chi connectivity index (χ3n) is 6.04. The number of anilines is 1. The summed E-state index contributed by atoms with van der Waals surface area (Å²) in [7, 11) is 1.46. The van der Waals surface area contributed by atoms with Gasteiger partial charge in [0.1, 0.15) is 10.7 Å². The zero-order valence-electron chi connectivity index (χ0n) is 20.5. The van der Waals surface area contributed by atoms with Crippen LogP contribution in [0.4, 0.5) is 9.52 Å². The number of aromatic nitrogens is 1. The van der Waals surface area contributed by atoms with Crippen LogP contribution in [0.5, 0.6) is 5.75 Å². The quantitative estimate of drug-likeness (QED) is 0.250. The number of aryl methyl sites for hydroxylation is 1. The lowest BCUT2D eigenvalue weighted by Gasteiger charge is -2.24. The molecule has 0 bridgehead atoms. The number of carbonyl (C=O) groups excluding carboxylic acids is 3. The monoisotopic (exact) mass is 536 g/mol. The molecular weight excluding hydrogens is 515 g/mol. The standard InChI is InChI=1S/C27H21FN2O7S/c1-4-36-26(34)24-13(2)29-27(38-24)30-20(14-8-10-16(28)11-9-14)19(22(32)25(30)33)21(31)18-12-15-6-5-7-17(35-3)23(15)37-18/h5-12,20,32H,4H2,1-3H3. The Balaban J connectivity index is 1.64. The summed E-state index contributed by atoms with van der Waals surface area (Å²) in [6.45, 7) is 3.40. The number of methoxy groups -OCH3 is 1. The summed E-state index contributed by atoms with van der Waals surface area (Å²) in [5.41, 5.74) is 0.710. The molecule has 0 radical (unpaired) electrons. The number of hydrogen-bond donors (Lipinski definition) is 1. The van der Waals surface area contributed by atoms with Crippen molar-refractivity contribution in [3.05, 3.63) is 87.6 Å². The lowest BCUT2D eigenvalue weighted by molar-refractivity contribution is -0.117. The average Bonchev–Trinajstić information content (AvgIpc) is 3.58. The molecule has 0 aliphatic carbocycles. The molecule has 0 saturated heterocycles. The van der Waals surface area contributed by atoms with Crippen molar-refractivity contribution in [3.63, 3.8) is 0 Å². The number of fused-ring (bicyclic) bond motifs is 1. The van der Waals surface area contributed by atoms with E-state index in [9.17, 15) is 23.9 Å². The maximum Gasteiger partial charge on any atom is 0.350 e. The first kappa shape index (κ1) is 25.2.